The van der Waals surface area contributed by atoms with Crippen molar-refractivity contribution in [3.8, 4) is 0 Å². The van der Waals surface area contributed by atoms with Gasteiger partial charge in [-0.2, -0.15) is 0 Å². The Balaban J connectivity index is 2.76. The highest BCUT2D eigenvalue weighted by Crippen LogP contribution is 2.16. The smallest absolute Gasteiger partial charge is 0.240 e. The zero-order chi connectivity index (χ0) is 10.6. The Morgan fingerprint density at radius 2 is 2.00 bits per heavy atom. The molecule has 14 heavy (non-hydrogen) atoms. The number of para-hydroxylation sites is 1. The molecule has 0 spiro atoms. The second kappa shape index (κ2) is 5.15. The van der Waals surface area contributed by atoms with Crippen molar-refractivity contribution < 1.29 is 4.79 Å². The quantitative estimate of drug-likeness (QED) is 0.761. The number of carbonyl (C=O) groups is 1. The second-order valence-corrected chi connectivity index (χ2v) is 4.21. The van der Waals surface area contributed by atoms with Gasteiger partial charge in [0, 0.05) is 12.7 Å². The molecule has 0 fully saturated rings. The molecule has 3 heteroatoms. The molecule has 0 bridgehead atoms. The fraction of sp³-hybridized carbons (Fsp3) is 0.364. The first-order chi connectivity index (χ1) is 6.66. The van der Waals surface area contributed by atoms with Gasteiger partial charge in [0.1, 0.15) is 0 Å². The summed E-state index contributed by atoms with van der Waals surface area (Å²) < 4.78 is 0. The molecule has 0 aliphatic rings. The maximum absolute atomic E-state index is 11.8. The summed E-state index contributed by atoms with van der Waals surface area (Å²) in [7, 11) is 1.79. The molecule has 1 unspecified atom stereocenters. The Bertz CT molecular complexity index is 299. The van der Waals surface area contributed by atoms with Gasteiger partial charge in [0.05, 0.1) is 4.83 Å². The van der Waals surface area contributed by atoms with Crippen LogP contribution in [0.5, 0.6) is 0 Å². The molecule has 0 radical (unpaired) electrons. The normalized spacial score (nSPS) is 12.2. The number of nitrogens with zero attached hydrogens (tertiary/aromatic N) is 1. The van der Waals surface area contributed by atoms with Crippen molar-refractivity contribution in [2.45, 2.75) is 18.2 Å². The number of anilines is 1. The van der Waals surface area contributed by atoms with E-state index >= 15 is 0 Å². The lowest BCUT2D eigenvalue weighted by Gasteiger charge is -2.19. The molecule has 1 rings (SSSR count). The van der Waals surface area contributed by atoms with Crippen LogP contribution in [0.4, 0.5) is 5.69 Å². The van der Waals surface area contributed by atoms with Crippen LogP contribution in [-0.2, 0) is 4.79 Å². The molecule has 0 saturated carbocycles. The number of carbonyl (C=O) groups excluding carboxylic acids is 1. The van der Waals surface area contributed by atoms with E-state index in [0.717, 1.165) is 12.1 Å². The van der Waals surface area contributed by atoms with Crippen molar-refractivity contribution in [2.75, 3.05) is 11.9 Å². The van der Waals surface area contributed by atoms with E-state index in [4.69, 9.17) is 0 Å². The third kappa shape index (κ3) is 2.58. The summed E-state index contributed by atoms with van der Waals surface area (Å²) in [5.74, 6) is 0.0960. The maximum atomic E-state index is 11.8. The largest absolute Gasteiger partial charge is 0.315 e. The Kier molecular flexibility index (Phi) is 4.14. The molecule has 2 nitrogen and oxygen atoms in total. The van der Waals surface area contributed by atoms with E-state index in [2.05, 4.69) is 15.9 Å². The molecule has 0 N–H and O–H groups in total. The highest BCUT2D eigenvalue weighted by molar-refractivity contribution is 9.10. The topological polar surface area (TPSA) is 20.3 Å². The molecule has 1 amide bonds. The minimum Gasteiger partial charge on any atom is -0.315 e. The minimum absolute atomic E-state index is 0.0901. The first-order valence-corrected chi connectivity index (χ1v) is 5.55. The Morgan fingerprint density at radius 1 is 1.43 bits per heavy atom. The Hall–Kier alpha value is -0.830. The van der Waals surface area contributed by atoms with Crippen LogP contribution in [0.3, 0.4) is 0 Å². The van der Waals surface area contributed by atoms with E-state index in [1.54, 1.807) is 11.9 Å². The molecular formula is C11H14BrNO. The van der Waals surface area contributed by atoms with Crippen molar-refractivity contribution >= 4 is 27.5 Å². The van der Waals surface area contributed by atoms with Gasteiger partial charge >= 0.3 is 0 Å². The van der Waals surface area contributed by atoms with Gasteiger partial charge in [-0.3, -0.25) is 4.79 Å². The first kappa shape index (κ1) is 11.2. The van der Waals surface area contributed by atoms with Crippen LogP contribution in [-0.4, -0.2) is 17.8 Å². The van der Waals surface area contributed by atoms with Crippen molar-refractivity contribution in [3.63, 3.8) is 0 Å². The summed E-state index contributed by atoms with van der Waals surface area (Å²) in [6, 6.07) is 9.64. The van der Waals surface area contributed by atoms with Crippen molar-refractivity contribution in [2.24, 2.45) is 0 Å². The average molecular weight is 256 g/mol. The third-order valence-corrected chi connectivity index (χ3v) is 3.14. The van der Waals surface area contributed by atoms with Crippen LogP contribution in [0.1, 0.15) is 13.3 Å². The third-order valence-electron chi connectivity index (χ3n) is 2.10. The molecule has 1 aromatic carbocycles. The van der Waals surface area contributed by atoms with E-state index in [1.807, 2.05) is 37.3 Å². The van der Waals surface area contributed by atoms with Gasteiger partial charge in [0.25, 0.3) is 0 Å². The predicted molar refractivity (Wildman–Crippen MR) is 62.9 cm³/mol. The SMILES string of the molecule is CCC(Br)C(=O)N(C)c1ccccc1. The van der Waals surface area contributed by atoms with Crippen LogP contribution in [0.25, 0.3) is 0 Å². The van der Waals surface area contributed by atoms with Gasteiger partial charge in [-0.05, 0) is 18.6 Å². The Morgan fingerprint density at radius 3 is 2.50 bits per heavy atom. The van der Waals surface area contributed by atoms with Crippen molar-refractivity contribution in [3.05, 3.63) is 30.3 Å². The van der Waals surface area contributed by atoms with E-state index in [9.17, 15) is 4.79 Å². The van der Waals surface area contributed by atoms with E-state index in [0.29, 0.717) is 0 Å². The van der Waals surface area contributed by atoms with E-state index in [-0.39, 0.29) is 10.7 Å². The lowest BCUT2D eigenvalue weighted by molar-refractivity contribution is -0.117. The van der Waals surface area contributed by atoms with E-state index in [1.165, 1.54) is 0 Å². The van der Waals surface area contributed by atoms with Gasteiger partial charge < -0.3 is 4.90 Å². The number of halogens is 1. The van der Waals surface area contributed by atoms with Crippen molar-refractivity contribution in [1.29, 1.82) is 0 Å². The fourth-order valence-corrected chi connectivity index (χ4v) is 1.47. The molecule has 1 aromatic rings. The first-order valence-electron chi connectivity index (χ1n) is 4.63. The van der Waals surface area contributed by atoms with Crippen LogP contribution in [0.2, 0.25) is 0 Å². The van der Waals surface area contributed by atoms with Crippen LogP contribution < -0.4 is 4.90 Å². The highest BCUT2D eigenvalue weighted by atomic mass is 79.9. The lowest BCUT2D eigenvalue weighted by Crippen LogP contribution is -2.32. The number of hydrogen-bond acceptors (Lipinski definition) is 1. The molecular weight excluding hydrogens is 242 g/mol. The molecule has 1 atom stereocenters. The lowest BCUT2D eigenvalue weighted by atomic mass is 10.2. The molecule has 0 aliphatic carbocycles. The number of hydrogen-bond donors (Lipinski definition) is 0. The summed E-state index contributed by atoms with van der Waals surface area (Å²) >= 11 is 3.35. The summed E-state index contributed by atoms with van der Waals surface area (Å²) in [6.45, 7) is 1.98. The number of benzene rings is 1. The summed E-state index contributed by atoms with van der Waals surface area (Å²) in [4.78, 5) is 13.3. The summed E-state index contributed by atoms with van der Waals surface area (Å²) in [6.07, 6.45) is 0.802. The number of alkyl halides is 1. The van der Waals surface area contributed by atoms with E-state index < -0.39 is 0 Å². The predicted octanol–water partition coefficient (Wildman–Crippen LogP) is 2.82. The number of amides is 1. The number of rotatable bonds is 3. The average Bonchev–Trinajstić information content (AvgIpc) is 2.27. The monoisotopic (exact) mass is 255 g/mol. The zero-order valence-electron chi connectivity index (χ0n) is 8.40. The van der Waals surface area contributed by atoms with Crippen molar-refractivity contribution in [1.82, 2.24) is 0 Å². The van der Waals surface area contributed by atoms with Gasteiger partial charge in [-0.15, -0.1) is 0 Å². The minimum atomic E-state index is -0.0901. The molecule has 76 valence electrons. The molecule has 0 aliphatic heterocycles. The standard InChI is InChI=1S/C11H14BrNO/c1-3-10(12)11(14)13(2)9-7-5-4-6-8-9/h4-8,10H,3H2,1-2H3. The van der Waals surface area contributed by atoms with Gasteiger partial charge in [0.15, 0.2) is 0 Å². The van der Waals surface area contributed by atoms with Gasteiger partial charge in [-0.1, -0.05) is 41.1 Å². The fourth-order valence-electron chi connectivity index (χ4n) is 1.16. The van der Waals surface area contributed by atoms with Gasteiger partial charge in [-0.25, -0.2) is 0 Å². The second-order valence-electron chi connectivity index (χ2n) is 3.11. The molecule has 0 saturated heterocycles. The van der Waals surface area contributed by atoms with Crippen LogP contribution in [0.15, 0.2) is 30.3 Å². The summed E-state index contributed by atoms with van der Waals surface area (Å²) in [5, 5.41) is 0. The Labute approximate surface area is 93.0 Å². The molecule has 0 aromatic heterocycles. The maximum Gasteiger partial charge on any atom is 0.240 e. The highest BCUT2D eigenvalue weighted by Gasteiger charge is 2.17. The van der Waals surface area contributed by atoms with Gasteiger partial charge in [0.2, 0.25) is 5.91 Å². The van der Waals surface area contributed by atoms with Crippen LogP contribution in [0, 0.1) is 0 Å². The molecule has 0 heterocycles. The summed E-state index contributed by atoms with van der Waals surface area (Å²) in [5.41, 5.74) is 0.926. The zero-order valence-corrected chi connectivity index (χ0v) is 9.99. The van der Waals surface area contributed by atoms with Crippen LogP contribution >= 0.6 is 15.9 Å².